The van der Waals surface area contributed by atoms with Gasteiger partial charge < -0.3 is 9.32 Å². The lowest BCUT2D eigenvalue weighted by Crippen LogP contribution is -2.20. The van der Waals surface area contributed by atoms with Crippen molar-refractivity contribution in [3.8, 4) is 0 Å². The Kier molecular flexibility index (Phi) is 3.62. The molecule has 0 aliphatic carbocycles. The first-order chi connectivity index (χ1) is 8.25. The number of fused-ring (bicyclic) bond motifs is 1. The molecule has 0 radical (unpaired) electrons. The van der Waals surface area contributed by atoms with Crippen molar-refractivity contribution in [3.05, 3.63) is 36.3 Å². The van der Waals surface area contributed by atoms with Gasteiger partial charge in [0.1, 0.15) is 5.76 Å². The van der Waals surface area contributed by atoms with Gasteiger partial charge >= 0.3 is 0 Å². The number of halogens is 1. The minimum Gasteiger partial charge on any atom is -0.468 e. The van der Waals surface area contributed by atoms with Gasteiger partial charge in [0.25, 0.3) is 0 Å². The normalized spacial score (nSPS) is 18.6. The van der Waals surface area contributed by atoms with Gasteiger partial charge in [0.2, 0.25) is 0 Å². The molecule has 0 N–H and O–H groups in total. The van der Waals surface area contributed by atoms with Crippen molar-refractivity contribution in [3.63, 3.8) is 0 Å². The number of hydrogen-bond donors (Lipinski definition) is 0. The zero-order chi connectivity index (χ0) is 11.8. The summed E-state index contributed by atoms with van der Waals surface area (Å²) in [5, 5.41) is 2.41. The topological polar surface area (TPSA) is 28.7 Å². The van der Waals surface area contributed by atoms with Gasteiger partial charge in [-0.05, 0) is 0 Å². The summed E-state index contributed by atoms with van der Waals surface area (Å²) in [6.45, 7) is 0.838. The molecule has 1 aliphatic rings. The van der Waals surface area contributed by atoms with Crippen molar-refractivity contribution < 1.29 is 4.42 Å². The first kappa shape index (κ1) is 13.0. The van der Waals surface area contributed by atoms with Crippen molar-refractivity contribution in [2.75, 3.05) is 20.6 Å². The zero-order valence-corrected chi connectivity index (χ0v) is 11.4. The summed E-state index contributed by atoms with van der Waals surface area (Å²) in [5.41, 5.74) is 0. The fraction of sp³-hybridized carbons (Fsp3) is 0.357. The molecule has 0 amide bonds. The van der Waals surface area contributed by atoms with Crippen LogP contribution < -0.4 is 0 Å². The molecule has 4 heteroatoms. The molecule has 1 unspecified atom stereocenters. The average Bonchev–Trinajstić information content (AvgIpc) is 2.95. The largest absolute Gasteiger partial charge is 0.468 e. The highest BCUT2D eigenvalue weighted by Gasteiger charge is 2.25. The van der Waals surface area contributed by atoms with Gasteiger partial charge in [-0.15, -0.1) is 12.4 Å². The van der Waals surface area contributed by atoms with E-state index in [1.165, 1.54) is 10.8 Å². The van der Waals surface area contributed by atoms with Gasteiger partial charge in [-0.3, -0.25) is 4.99 Å². The van der Waals surface area contributed by atoms with Crippen molar-refractivity contribution in [1.29, 1.82) is 0 Å². The highest BCUT2D eigenvalue weighted by atomic mass is 35.5. The predicted octanol–water partition coefficient (Wildman–Crippen LogP) is 3.30. The molecule has 96 valence electrons. The van der Waals surface area contributed by atoms with Gasteiger partial charge in [0, 0.05) is 37.2 Å². The molecule has 18 heavy (non-hydrogen) atoms. The lowest BCUT2D eigenvalue weighted by Gasteiger charge is -2.12. The Morgan fingerprint density at radius 1 is 1.28 bits per heavy atom. The summed E-state index contributed by atoms with van der Waals surface area (Å²) in [6, 6.07) is 8.31. The second-order valence-corrected chi connectivity index (χ2v) is 4.74. The predicted molar refractivity (Wildman–Crippen MR) is 76.8 cm³/mol. The van der Waals surface area contributed by atoms with Crippen LogP contribution in [-0.2, 0) is 0 Å². The number of furan rings is 1. The average molecular weight is 265 g/mol. The van der Waals surface area contributed by atoms with Crippen molar-refractivity contribution in [1.82, 2.24) is 4.90 Å². The van der Waals surface area contributed by atoms with Crippen LogP contribution in [0.4, 0.5) is 0 Å². The highest BCUT2D eigenvalue weighted by molar-refractivity contribution is 5.88. The van der Waals surface area contributed by atoms with Gasteiger partial charge in [-0.25, -0.2) is 0 Å². The van der Waals surface area contributed by atoms with E-state index in [1.807, 2.05) is 26.4 Å². The minimum absolute atomic E-state index is 0. The second-order valence-electron chi connectivity index (χ2n) is 4.74. The number of hydrogen-bond acceptors (Lipinski definition) is 3. The maximum Gasteiger partial charge on any atom is 0.116 e. The summed E-state index contributed by atoms with van der Waals surface area (Å²) < 4.78 is 5.74. The maximum absolute atomic E-state index is 5.74. The van der Waals surface area contributed by atoms with Gasteiger partial charge in [-0.1, -0.05) is 24.3 Å². The molecule has 2 heterocycles. The van der Waals surface area contributed by atoms with E-state index in [2.05, 4.69) is 28.1 Å². The Balaban J connectivity index is 0.00000120. The number of aliphatic imine (C=N–C) groups is 1. The number of benzene rings is 1. The number of rotatable bonds is 1. The van der Waals surface area contributed by atoms with Crippen molar-refractivity contribution in [2.24, 2.45) is 4.99 Å². The van der Waals surface area contributed by atoms with E-state index in [0.29, 0.717) is 5.92 Å². The lowest BCUT2D eigenvalue weighted by molar-refractivity contribution is 0.479. The van der Waals surface area contributed by atoms with Crippen LogP contribution in [0.2, 0.25) is 0 Å². The molecule has 0 saturated carbocycles. The molecule has 2 aromatic rings. The molecule has 0 saturated heterocycles. The van der Waals surface area contributed by atoms with Crippen molar-refractivity contribution >= 4 is 29.0 Å². The summed E-state index contributed by atoms with van der Waals surface area (Å²) in [7, 11) is 4.09. The third-order valence-corrected chi connectivity index (χ3v) is 3.35. The fourth-order valence-corrected chi connectivity index (χ4v) is 2.40. The molecule has 1 aromatic heterocycles. The zero-order valence-electron chi connectivity index (χ0n) is 10.6. The first-order valence-corrected chi connectivity index (χ1v) is 5.92. The second kappa shape index (κ2) is 5.02. The van der Waals surface area contributed by atoms with Crippen LogP contribution in [0.1, 0.15) is 18.1 Å². The van der Waals surface area contributed by atoms with Crippen LogP contribution in [0, 0.1) is 0 Å². The molecular weight excluding hydrogens is 248 g/mol. The molecule has 1 aliphatic heterocycles. The van der Waals surface area contributed by atoms with E-state index < -0.39 is 0 Å². The third kappa shape index (κ3) is 2.10. The standard InChI is InChI=1S/C14H16N2O.ClH/c1-16(2)13-7-11(8-15-13)14-12-6-4-3-5-10(12)9-17-14;/h3-6,9,11H,7-8H2,1-2H3;1H. The van der Waals surface area contributed by atoms with Crippen LogP contribution in [0.5, 0.6) is 0 Å². The molecule has 1 aromatic carbocycles. The fourth-order valence-electron chi connectivity index (χ4n) is 2.40. The Bertz CT molecular complexity index is 574. The van der Waals surface area contributed by atoms with Crippen molar-refractivity contribution in [2.45, 2.75) is 12.3 Å². The summed E-state index contributed by atoms with van der Waals surface area (Å²) in [6.07, 6.45) is 2.82. The summed E-state index contributed by atoms with van der Waals surface area (Å²) in [5.74, 6) is 2.64. The van der Waals surface area contributed by atoms with E-state index in [1.54, 1.807) is 0 Å². The van der Waals surface area contributed by atoms with Gasteiger partial charge in [-0.2, -0.15) is 0 Å². The SMILES string of the molecule is CN(C)C1=NCC(c2occ3ccccc23)C1.Cl. The van der Waals surface area contributed by atoms with E-state index in [-0.39, 0.29) is 12.4 Å². The van der Waals surface area contributed by atoms with Crippen LogP contribution >= 0.6 is 12.4 Å². The molecule has 3 rings (SSSR count). The first-order valence-electron chi connectivity index (χ1n) is 5.92. The molecular formula is C14H17ClN2O. The Morgan fingerprint density at radius 2 is 2.06 bits per heavy atom. The smallest absolute Gasteiger partial charge is 0.116 e. The Labute approximate surface area is 113 Å². The summed E-state index contributed by atoms with van der Waals surface area (Å²) in [4.78, 5) is 6.65. The number of nitrogens with zero attached hydrogens (tertiary/aromatic N) is 2. The van der Waals surface area contributed by atoms with Crippen LogP contribution in [0.3, 0.4) is 0 Å². The third-order valence-electron chi connectivity index (χ3n) is 3.35. The Morgan fingerprint density at radius 3 is 2.78 bits per heavy atom. The molecule has 3 nitrogen and oxygen atoms in total. The van der Waals surface area contributed by atoms with E-state index in [9.17, 15) is 0 Å². The molecule has 1 atom stereocenters. The van der Waals surface area contributed by atoms with E-state index in [0.717, 1.165) is 24.6 Å². The molecule has 0 fully saturated rings. The minimum atomic E-state index is 0. The summed E-state index contributed by atoms with van der Waals surface area (Å²) >= 11 is 0. The monoisotopic (exact) mass is 264 g/mol. The molecule has 0 spiro atoms. The van der Waals surface area contributed by atoms with Crippen LogP contribution in [0.15, 0.2) is 39.9 Å². The quantitative estimate of drug-likeness (QED) is 0.791. The number of amidine groups is 1. The van der Waals surface area contributed by atoms with Gasteiger partial charge in [0.15, 0.2) is 0 Å². The van der Waals surface area contributed by atoms with Gasteiger partial charge in [0.05, 0.1) is 18.6 Å². The van der Waals surface area contributed by atoms with E-state index >= 15 is 0 Å². The maximum atomic E-state index is 5.74. The highest BCUT2D eigenvalue weighted by Crippen LogP contribution is 2.32. The molecule has 0 bridgehead atoms. The van der Waals surface area contributed by atoms with E-state index in [4.69, 9.17) is 4.42 Å². The van der Waals surface area contributed by atoms with Crippen LogP contribution in [-0.4, -0.2) is 31.4 Å². The van der Waals surface area contributed by atoms with Crippen LogP contribution in [0.25, 0.3) is 10.8 Å². The lowest BCUT2D eigenvalue weighted by atomic mass is 10.0. The Hall–Kier alpha value is -1.48.